The molecule has 2 heterocycles. The predicted octanol–water partition coefficient (Wildman–Crippen LogP) is 3.88. The number of amides is 2. The molecule has 1 spiro atoms. The van der Waals surface area contributed by atoms with Crippen LogP contribution in [0.5, 0.6) is 0 Å². The zero-order valence-corrected chi connectivity index (χ0v) is 18.4. The molecule has 0 radical (unpaired) electrons. The Kier molecular flexibility index (Phi) is 7.18. The first-order valence-electron chi connectivity index (χ1n) is 11.3. The minimum absolute atomic E-state index is 0.0721. The van der Waals surface area contributed by atoms with Crippen molar-refractivity contribution in [2.24, 2.45) is 0 Å². The Hall–Kier alpha value is -3.06. The number of halogens is 2. The molecule has 1 N–H and O–H groups in total. The minimum Gasteiger partial charge on any atom is -0.370 e. The minimum atomic E-state index is -0.949. The van der Waals surface area contributed by atoms with Crippen LogP contribution in [-0.2, 0) is 20.7 Å². The van der Waals surface area contributed by atoms with E-state index < -0.39 is 11.6 Å². The number of carbonyl (C=O) groups excluding carboxylic acids is 2. The lowest BCUT2D eigenvalue weighted by molar-refractivity contribution is -0.137. The molecule has 0 saturated carbocycles. The van der Waals surface area contributed by atoms with Crippen molar-refractivity contribution in [2.75, 3.05) is 19.6 Å². The Balaban J connectivity index is 1.20. The molecule has 2 aliphatic rings. The van der Waals surface area contributed by atoms with Crippen LogP contribution in [0, 0.1) is 11.6 Å². The highest BCUT2D eigenvalue weighted by molar-refractivity contribution is 5.91. The third-order valence-corrected chi connectivity index (χ3v) is 6.44. The largest absolute Gasteiger partial charge is 0.370 e. The third kappa shape index (κ3) is 6.05. The van der Waals surface area contributed by atoms with Crippen molar-refractivity contribution in [3.63, 3.8) is 0 Å². The Morgan fingerprint density at radius 1 is 1.06 bits per heavy atom. The van der Waals surface area contributed by atoms with Gasteiger partial charge in [-0.05, 0) is 55.0 Å². The molecular weight excluding hydrogens is 426 g/mol. The van der Waals surface area contributed by atoms with Crippen LogP contribution < -0.4 is 5.32 Å². The van der Waals surface area contributed by atoms with Gasteiger partial charge in [-0.25, -0.2) is 8.78 Å². The van der Waals surface area contributed by atoms with Gasteiger partial charge in [-0.1, -0.05) is 36.4 Å². The van der Waals surface area contributed by atoms with Gasteiger partial charge in [0.2, 0.25) is 11.8 Å². The van der Waals surface area contributed by atoms with Gasteiger partial charge < -0.3 is 15.0 Å². The van der Waals surface area contributed by atoms with Crippen molar-refractivity contribution in [1.82, 2.24) is 10.2 Å². The number of nitrogens with zero attached hydrogens (tertiary/aromatic N) is 1. The Morgan fingerprint density at radius 3 is 2.55 bits per heavy atom. The first-order valence-corrected chi connectivity index (χ1v) is 11.3. The average molecular weight is 455 g/mol. The highest BCUT2D eigenvalue weighted by atomic mass is 19.2. The number of ether oxygens (including phenoxy) is 1. The van der Waals surface area contributed by atoms with Crippen molar-refractivity contribution in [3.05, 3.63) is 77.4 Å². The normalized spacial score (nSPS) is 19.8. The molecular formula is C26H28F2N2O3. The molecule has 0 aromatic heterocycles. The second-order valence-corrected chi connectivity index (χ2v) is 8.76. The SMILES string of the molecule is O=C(/C=C/c1ccc(F)c(F)c1)NC[C@@H]1CCC2(CCN(C(=O)Cc3ccccc3)CC2)O1. The van der Waals surface area contributed by atoms with Gasteiger partial charge in [-0.15, -0.1) is 0 Å². The van der Waals surface area contributed by atoms with Crippen LogP contribution in [-0.4, -0.2) is 48.1 Å². The number of nitrogens with one attached hydrogen (secondary N) is 1. The number of benzene rings is 2. The lowest BCUT2D eigenvalue weighted by Crippen LogP contribution is -2.47. The topological polar surface area (TPSA) is 58.6 Å². The van der Waals surface area contributed by atoms with E-state index in [-0.39, 0.29) is 23.5 Å². The summed E-state index contributed by atoms with van der Waals surface area (Å²) in [6, 6.07) is 13.2. The molecule has 0 unspecified atom stereocenters. The van der Waals surface area contributed by atoms with E-state index >= 15 is 0 Å². The summed E-state index contributed by atoms with van der Waals surface area (Å²) in [4.78, 5) is 26.6. The van der Waals surface area contributed by atoms with E-state index in [0.717, 1.165) is 43.4 Å². The van der Waals surface area contributed by atoms with E-state index in [0.29, 0.717) is 31.6 Å². The fourth-order valence-electron chi connectivity index (χ4n) is 4.51. The van der Waals surface area contributed by atoms with Gasteiger partial charge in [0.05, 0.1) is 18.1 Å². The first-order chi connectivity index (χ1) is 15.9. The zero-order valence-electron chi connectivity index (χ0n) is 18.4. The van der Waals surface area contributed by atoms with Crippen LogP contribution in [0.4, 0.5) is 8.78 Å². The lowest BCUT2D eigenvalue weighted by Gasteiger charge is -2.39. The van der Waals surface area contributed by atoms with E-state index in [9.17, 15) is 18.4 Å². The molecule has 2 aromatic carbocycles. The maximum Gasteiger partial charge on any atom is 0.244 e. The summed E-state index contributed by atoms with van der Waals surface area (Å²) in [5.74, 6) is -2.04. The monoisotopic (exact) mass is 454 g/mol. The number of piperidine rings is 1. The standard InChI is InChI=1S/C26H28F2N2O3/c27-22-8-6-20(16-23(22)28)7-9-24(31)29-18-21-10-11-26(33-21)12-14-30(15-13-26)25(32)17-19-4-2-1-3-5-19/h1-9,16,21H,10-15,17-18H2,(H,29,31)/b9-7+/t21-/m0/s1. The van der Waals surface area contributed by atoms with Gasteiger partial charge in [0.15, 0.2) is 11.6 Å². The maximum absolute atomic E-state index is 13.2. The lowest BCUT2D eigenvalue weighted by atomic mass is 9.88. The third-order valence-electron chi connectivity index (χ3n) is 6.44. The van der Waals surface area contributed by atoms with Gasteiger partial charge in [0.25, 0.3) is 0 Å². The van der Waals surface area contributed by atoms with E-state index in [1.165, 1.54) is 18.2 Å². The van der Waals surface area contributed by atoms with Crippen molar-refractivity contribution >= 4 is 17.9 Å². The quantitative estimate of drug-likeness (QED) is 0.674. The van der Waals surface area contributed by atoms with Crippen LogP contribution in [0.25, 0.3) is 6.08 Å². The number of likely N-dealkylation sites (tertiary alicyclic amines) is 1. The van der Waals surface area contributed by atoms with Crippen molar-refractivity contribution < 1.29 is 23.1 Å². The van der Waals surface area contributed by atoms with Crippen LogP contribution in [0.3, 0.4) is 0 Å². The molecule has 4 rings (SSSR count). The molecule has 2 amide bonds. The molecule has 0 aliphatic carbocycles. The summed E-state index contributed by atoms with van der Waals surface area (Å²) in [7, 11) is 0. The van der Waals surface area contributed by atoms with E-state index in [4.69, 9.17) is 4.74 Å². The summed E-state index contributed by atoms with van der Waals surface area (Å²) >= 11 is 0. The Bertz CT molecular complexity index is 1020. The summed E-state index contributed by atoms with van der Waals surface area (Å²) in [5, 5.41) is 2.81. The summed E-state index contributed by atoms with van der Waals surface area (Å²) in [6.45, 7) is 1.75. The summed E-state index contributed by atoms with van der Waals surface area (Å²) in [6.07, 6.45) is 6.45. The van der Waals surface area contributed by atoms with Gasteiger partial charge in [0.1, 0.15) is 0 Å². The molecule has 5 nitrogen and oxygen atoms in total. The molecule has 2 aromatic rings. The summed E-state index contributed by atoms with van der Waals surface area (Å²) in [5.41, 5.74) is 1.21. The second kappa shape index (κ2) is 10.3. The fraction of sp³-hybridized carbons (Fsp3) is 0.385. The van der Waals surface area contributed by atoms with Gasteiger partial charge in [-0.2, -0.15) is 0 Å². The van der Waals surface area contributed by atoms with Crippen LogP contribution in [0.2, 0.25) is 0 Å². The average Bonchev–Trinajstić information content (AvgIpc) is 3.22. The number of hydrogen-bond acceptors (Lipinski definition) is 3. The van der Waals surface area contributed by atoms with Gasteiger partial charge in [0, 0.05) is 25.7 Å². The van der Waals surface area contributed by atoms with Crippen LogP contribution in [0.1, 0.15) is 36.8 Å². The zero-order chi connectivity index (χ0) is 23.3. The van der Waals surface area contributed by atoms with E-state index in [1.54, 1.807) is 0 Å². The van der Waals surface area contributed by atoms with Crippen LogP contribution in [0.15, 0.2) is 54.6 Å². The van der Waals surface area contributed by atoms with Crippen molar-refractivity contribution in [3.8, 4) is 0 Å². The highest BCUT2D eigenvalue weighted by Crippen LogP contribution is 2.38. The predicted molar refractivity (Wildman–Crippen MR) is 121 cm³/mol. The van der Waals surface area contributed by atoms with Crippen molar-refractivity contribution in [1.29, 1.82) is 0 Å². The van der Waals surface area contributed by atoms with Crippen LogP contribution >= 0.6 is 0 Å². The second-order valence-electron chi connectivity index (χ2n) is 8.76. The van der Waals surface area contributed by atoms with Gasteiger partial charge >= 0.3 is 0 Å². The van der Waals surface area contributed by atoms with Gasteiger partial charge in [-0.3, -0.25) is 9.59 Å². The molecule has 174 valence electrons. The van der Waals surface area contributed by atoms with E-state index in [2.05, 4.69) is 5.32 Å². The molecule has 2 aliphatic heterocycles. The summed E-state index contributed by atoms with van der Waals surface area (Å²) < 4.78 is 32.5. The smallest absolute Gasteiger partial charge is 0.244 e. The number of rotatable bonds is 6. The number of hydrogen-bond donors (Lipinski definition) is 1. The molecule has 2 saturated heterocycles. The first kappa shape index (κ1) is 23.1. The highest BCUT2D eigenvalue weighted by Gasteiger charge is 2.43. The Morgan fingerprint density at radius 2 is 1.82 bits per heavy atom. The molecule has 33 heavy (non-hydrogen) atoms. The number of carbonyl (C=O) groups is 2. The Labute approximate surface area is 192 Å². The molecule has 0 bridgehead atoms. The fourth-order valence-corrected chi connectivity index (χ4v) is 4.51. The maximum atomic E-state index is 13.2. The molecule has 1 atom stereocenters. The molecule has 7 heteroatoms. The van der Waals surface area contributed by atoms with Crippen molar-refractivity contribution in [2.45, 2.75) is 43.8 Å². The molecule has 2 fully saturated rings. The van der Waals surface area contributed by atoms with E-state index in [1.807, 2.05) is 35.2 Å².